The van der Waals surface area contributed by atoms with E-state index in [0.29, 0.717) is 24.6 Å². The third-order valence-electron chi connectivity index (χ3n) is 4.01. The monoisotopic (exact) mass is 492 g/mol. The van der Waals surface area contributed by atoms with Crippen LogP contribution < -0.4 is 4.74 Å². The fourth-order valence-electron chi connectivity index (χ4n) is 2.65. The van der Waals surface area contributed by atoms with E-state index in [1.807, 2.05) is 44.2 Å². The summed E-state index contributed by atoms with van der Waals surface area (Å²) >= 11 is 3.71. The van der Waals surface area contributed by atoms with Crippen LogP contribution in [0.3, 0.4) is 0 Å². The first-order valence-electron chi connectivity index (χ1n) is 8.84. The van der Waals surface area contributed by atoms with Gasteiger partial charge in [-0.1, -0.05) is 30.3 Å². The lowest BCUT2D eigenvalue weighted by atomic mass is 10.1. The predicted octanol–water partition coefficient (Wildman–Crippen LogP) is 5.18. The average Bonchev–Trinajstić information content (AvgIpc) is 2.97. The molecule has 0 aliphatic carbocycles. The minimum atomic E-state index is 0.00198. The highest BCUT2D eigenvalue weighted by Crippen LogP contribution is 2.34. The van der Waals surface area contributed by atoms with E-state index in [1.54, 1.807) is 4.90 Å². The molecule has 4 nitrogen and oxygen atoms in total. The van der Waals surface area contributed by atoms with Crippen molar-refractivity contribution >= 4 is 51.5 Å². The Morgan fingerprint density at radius 3 is 2.59 bits per heavy atom. The minimum absolute atomic E-state index is 0.00198. The molecule has 0 aromatic heterocycles. The predicted molar refractivity (Wildman–Crippen MR) is 121 cm³/mol. The number of aliphatic imine (C=N–C) groups is 1. The summed E-state index contributed by atoms with van der Waals surface area (Å²) in [4.78, 5) is 19.5. The Bertz CT molecular complexity index is 878. The van der Waals surface area contributed by atoms with Crippen molar-refractivity contribution in [1.82, 2.24) is 4.90 Å². The number of para-hydroxylation sites is 1. The fourth-order valence-corrected chi connectivity index (χ4v) is 4.11. The second-order valence-electron chi connectivity index (χ2n) is 5.87. The van der Waals surface area contributed by atoms with Gasteiger partial charge >= 0.3 is 0 Å². The molecule has 0 bridgehead atoms. The number of rotatable bonds is 6. The van der Waals surface area contributed by atoms with Crippen molar-refractivity contribution in [3.8, 4) is 5.75 Å². The zero-order valence-electron chi connectivity index (χ0n) is 15.3. The van der Waals surface area contributed by atoms with Crippen molar-refractivity contribution in [3.05, 3.63) is 68.1 Å². The van der Waals surface area contributed by atoms with Gasteiger partial charge in [0.25, 0.3) is 5.91 Å². The van der Waals surface area contributed by atoms with E-state index in [9.17, 15) is 4.79 Å². The van der Waals surface area contributed by atoms with Crippen molar-refractivity contribution in [1.29, 1.82) is 0 Å². The summed E-state index contributed by atoms with van der Waals surface area (Å²) in [6.45, 7) is 5.70. The van der Waals surface area contributed by atoms with Crippen LogP contribution in [0.4, 0.5) is 0 Å². The molecule has 3 rings (SSSR count). The Morgan fingerprint density at radius 1 is 1.15 bits per heavy atom. The number of halogens is 1. The summed E-state index contributed by atoms with van der Waals surface area (Å²) in [6.07, 6.45) is 1.90. The number of amides is 1. The quantitative estimate of drug-likeness (QED) is 0.412. The van der Waals surface area contributed by atoms with Gasteiger partial charge in [-0.25, -0.2) is 0 Å². The Kier molecular flexibility index (Phi) is 6.95. The fraction of sp³-hybridized carbons (Fsp3) is 0.238. The maximum Gasteiger partial charge on any atom is 0.266 e. The number of carbonyl (C=O) groups excluding carboxylic acids is 1. The molecular formula is C21H21IN2O2S. The minimum Gasteiger partial charge on any atom is -0.488 e. The van der Waals surface area contributed by atoms with Crippen LogP contribution in [0.1, 0.15) is 25.0 Å². The van der Waals surface area contributed by atoms with Gasteiger partial charge in [0.1, 0.15) is 12.4 Å². The molecule has 2 aromatic rings. The molecule has 0 unspecified atom stereocenters. The molecule has 140 valence electrons. The van der Waals surface area contributed by atoms with Crippen LogP contribution in [0, 0.1) is 3.57 Å². The molecule has 0 N–H and O–H groups in total. The van der Waals surface area contributed by atoms with Crippen molar-refractivity contribution in [2.75, 3.05) is 13.1 Å². The van der Waals surface area contributed by atoms with E-state index in [4.69, 9.17) is 4.74 Å². The summed E-state index contributed by atoms with van der Waals surface area (Å²) in [5.74, 6) is 0.767. The Hall–Kier alpha value is -1.80. The molecule has 1 saturated heterocycles. The number of ether oxygens (including phenoxy) is 1. The largest absolute Gasteiger partial charge is 0.488 e. The van der Waals surface area contributed by atoms with Gasteiger partial charge in [0.2, 0.25) is 0 Å². The van der Waals surface area contributed by atoms with Crippen molar-refractivity contribution in [2.45, 2.75) is 20.5 Å². The highest BCUT2D eigenvalue weighted by Gasteiger charge is 2.31. The van der Waals surface area contributed by atoms with Gasteiger partial charge in [0, 0.05) is 22.2 Å². The first-order valence-corrected chi connectivity index (χ1v) is 10.7. The molecule has 1 fully saturated rings. The molecule has 0 atom stereocenters. The maximum absolute atomic E-state index is 12.7. The van der Waals surface area contributed by atoms with Crippen LogP contribution in [0.5, 0.6) is 5.75 Å². The van der Waals surface area contributed by atoms with Gasteiger partial charge in [-0.2, -0.15) is 0 Å². The molecule has 1 aliphatic heterocycles. The number of carbonyl (C=O) groups is 1. The topological polar surface area (TPSA) is 41.9 Å². The number of hydrogen-bond donors (Lipinski definition) is 0. The SMILES string of the molecule is CCN=C1SC(=Cc2ccccc2OCc2ccc(I)cc2)C(=O)N1CC. The number of likely N-dealkylation sites (N-methyl/N-ethyl adjacent to an activating group) is 1. The van der Waals surface area contributed by atoms with Gasteiger partial charge in [-0.15, -0.1) is 0 Å². The first kappa shape index (κ1) is 19.9. The van der Waals surface area contributed by atoms with Crippen LogP contribution in [-0.2, 0) is 11.4 Å². The van der Waals surface area contributed by atoms with Gasteiger partial charge < -0.3 is 4.74 Å². The number of nitrogens with zero attached hydrogens (tertiary/aromatic N) is 2. The van der Waals surface area contributed by atoms with Crippen LogP contribution in [0.2, 0.25) is 0 Å². The highest BCUT2D eigenvalue weighted by molar-refractivity contribution is 14.1. The summed E-state index contributed by atoms with van der Waals surface area (Å²) in [7, 11) is 0. The number of hydrogen-bond acceptors (Lipinski definition) is 4. The van der Waals surface area contributed by atoms with Crippen molar-refractivity contribution < 1.29 is 9.53 Å². The van der Waals surface area contributed by atoms with Crippen LogP contribution in [0.15, 0.2) is 58.4 Å². The highest BCUT2D eigenvalue weighted by atomic mass is 127. The molecule has 2 aromatic carbocycles. The Labute approximate surface area is 177 Å². The zero-order valence-corrected chi connectivity index (χ0v) is 18.3. The third-order valence-corrected chi connectivity index (χ3v) is 5.77. The van der Waals surface area contributed by atoms with E-state index in [2.05, 4.69) is 51.8 Å². The standard InChI is InChI=1S/C21H21IN2O2S/c1-3-23-21-24(4-2)20(25)19(27-21)13-16-7-5-6-8-18(16)26-14-15-9-11-17(22)12-10-15/h5-13H,3-4,14H2,1-2H3. The summed E-state index contributed by atoms with van der Waals surface area (Å²) in [5.41, 5.74) is 2.01. The summed E-state index contributed by atoms with van der Waals surface area (Å²) in [6, 6.07) is 16.0. The second kappa shape index (κ2) is 9.41. The normalized spacial score (nSPS) is 17.1. The van der Waals surface area contributed by atoms with E-state index in [-0.39, 0.29) is 5.91 Å². The van der Waals surface area contributed by atoms with E-state index in [0.717, 1.165) is 22.0 Å². The maximum atomic E-state index is 12.7. The first-order chi connectivity index (χ1) is 13.1. The molecule has 0 spiro atoms. The van der Waals surface area contributed by atoms with Crippen LogP contribution >= 0.6 is 34.4 Å². The number of benzene rings is 2. The lowest BCUT2D eigenvalue weighted by Gasteiger charge is -2.11. The van der Waals surface area contributed by atoms with Crippen LogP contribution in [-0.4, -0.2) is 29.1 Å². The average molecular weight is 492 g/mol. The molecule has 0 saturated carbocycles. The molecule has 0 radical (unpaired) electrons. The van der Waals surface area contributed by atoms with E-state index < -0.39 is 0 Å². The molecule has 6 heteroatoms. The van der Waals surface area contributed by atoms with Gasteiger partial charge in [0.05, 0.1) is 4.91 Å². The van der Waals surface area contributed by atoms with E-state index in [1.165, 1.54) is 15.3 Å². The lowest BCUT2D eigenvalue weighted by Crippen LogP contribution is -2.28. The zero-order chi connectivity index (χ0) is 19.2. The Balaban J connectivity index is 1.81. The second-order valence-corrected chi connectivity index (χ2v) is 8.12. The number of thioether (sulfide) groups is 1. The lowest BCUT2D eigenvalue weighted by molar-refractivity contribution is -0.122. The molecule has 1 heterocycles. The van der Waals surface area contributed by atoms with Gasteiger partial charge in [-0.3, -0.25) is 14.7 Å². The van der Waals surface area contributed by atoms with Gasteiger partial charge in [0.15, 0.2) is 5.17 Å². The van der Waals surface area contributed by atoms with Crippen molar-refractivity contribution in [2.24, 2.45) is 4.99 Å². The van der Waals surface area contributed by atoms with Crippen LogP contribution in [0.25, 0.3) is 6.08 Å². The summed E-state index contributed by atoms with van der Waals surface area (Å²) < 4.78 is 7.22. The van der Waals surface area contributed by atoms with E-state index >= 15 is 0 Å². The smallest absolute Gasteiger partial charge is 0.266 e. The number of amidine groups is 1. The summed E-state index contributed by atoms with van der Waals surface area (Å²) in [5, 5.41) is 0.772. The Morgan fingerprint density at radius 2 is 1.89 bits per heavy atom. The van der Waals surface area contributed by atoms with Crippen molar-refractivity contribution in [3.63, 3.8) is 0 Å². The molecule has 1 amide bonds. The molecule has 1 aliphatic rings. The van der Waals surface area contributed by atoms with Gasteiger partial charge in [-0.05, 0) is 78.0 Å². The molecular weight excluding hydrogens is 471 g/mol. The third kappa shape index (κ3) is 4.93. The molecule has 27 heavy (non-hydrogen) atoms.